The first kappa shape index (κ1) is 16.9. The van der Waals surface area contributed by atoms with Gasteiger partial charge in [0.2, 0.25) is 0 Å². The minimum Gasteiger partial charge on any atom is -0.312 e. The first-order valence-corrected chi connectivity index (χ1v) is 7.40. The molecule has 0 aromatic heterocycles. The summed E-state index contributed by atoms with van der Waals surface area (Å²) in [5.41, 5.74) is 0.256. The van der Waals surface area contributed by atoms with Crippen LogP contribution in [0.4, 0.5) is 0 Å². The lowest BCUT2D eigenvalue weighted by Crippen LogP contribution is -2.38. The number of rotatable bonds is 9. The minimum absolute atomic E-state index is 0.256. The van der Waals surface area contributed by atoms with Crippen LogP contribution in [0.15, 0.2) is 0 Å². The molecule has 0 radical (unpaired) electrons. The van der Waals surface area contributed by atoms with Crippen molar-refractivity contribution in [3.63, 3.8) is 0 Å². The van der Waals surface area contributed by atoms with Crippen LogP contribution < -0.4 is 5.32 Å². The van der Waals surface area contributed by atoms with Crippen LogP contribution in [0.3, 0.4) is 0 Å². The molecule has 0 aromatic rings. The Hall–Kier alpha value is -0.0800. The SMILES string of the molecule is CCC(CC)CN(CC)CCCNC(C)(C)C. The predicted molar refractivity (Wildman–Crippen MR) is 78.6 cm³/mol. The Kier molecular flexibility index (Phi) is 8.89. The van der Waals surface area contributed by atoms with Crippen molar-refractivity contribution in [3.05, 3.63) is 0 Å². The molecule has 2 nitrogen and oxygen atoms in total. The van der Waals surface area contributed by atoms with Crippen molar-refractivity contribution in [2.24, 2.45) is 5.92 Å². The average molecular weight is 242 g/mol. The van der Waals surface area contributed by atoms with E-state index in [1.54, 1.807) is 0 Å². The van der Waals surface area contributed by atoms with Gasteiger partial charge in [0.05, 0.1) is 0 Å². The highest BCUT2D eigenvalue weighted by atomic mass is 15.1. The molecule has 0 heterocycles. The Balaban J connectivity index is 3.75. The van der Waals surface area contributed by atoms with Crippen molar-refractivity contribution < 1.29 is 0 Å². The van der Waals surface area contributed by atoms with Crippen molar-refractivity contribution in [2.45, 2.75) is 66.3 Å². The summed E-state index contributed by atoms with van der Waals surface area (Å²) in [5.74, 6) is 0.880. The molecule has 0 fully saturated rings. The summed E-state index contributed by atoms with van der Waals surface area (Å²) in [6.45, 7) is 18.4. The molecule has 0 atom stereocenters. The molecule has 0 aliphatic heterocycles. The summed E-state index contributed by atoms with van der Waals surface area (Å²) in [5, 5.41) is 3.56. The second kappa shape index (κ2) is 8.93. The average Bonchev–Trinajstić information content (AvgIpc) is 2.27. The second-order valence-electron chi connectivity index (χ2n) is 6.11. The van der Waals surface area contributed by atoms with Gasteiger partial charge < -0.3 is 10.2 Å². The second-order valence-corrected chi connectivity index (χ2v) is 6.11. The van der Waals surface area contributed by atoms with Gasteiger partial charge >= 0.3 is 0 Å². The molecule has 0 rings (SSSR count). The summed E-state index contributed by atoms with van der Waals surface area (Å²) in [7, 11) is 0. The number of hydrogen-bond acceptors (Lipinski definition) is 2. The predicted octanol–water partition coefficient (Wildman–Crippen LogP) is 3.52. The van der Waals surface area contributed by atoms with Crippen molar-refractivity contribution in [2.75, 3.05) is 26.2 Å². The third kappa shape index (κ3) is 9.61. The summed E-state index contributed by atoms with van der Waals surface area (Å²) in [4.78, 5) is 2.60. The molecule has 1 N–H and O–H groups in total. The van der Waals surface area contributed by atoms with Gasteiger partial charge in [-0.15, -0.1) is 0 Å². The van der Waals surface area contributed by atoms with Crippen LogP contribution in [-0.4, -0.2) is 36.6 Å². The zero-order valence-electron chi connectivity index (χ0n) is 13.0. The monoisotopic (exact) mass is 242 g/mol. The van der Waals surface area contributed by atoms with Crippen LogP contribution in [0, 0.1) is 5.92 Å². The largest absolute Gasteiger partial charge is 0.312 e. The zero-order valence-corrected chi connectivity index (χ0v) is 13.0. The third-order valence-corrected chi connectivity index (χ3v) is 3.42. The topological polar surface area (TPSA) is 15.3 Å². The van der Waals surface area contributed by atoms with Gasteiger partial charge in [-0.3, -0.25) is 0 Å². The molecule has 17 heavy (non-hydrogen) atoms. The van der Waals surface area contributed by atoms with Crippen molar-refractivity contribution in [1.29, 1.82) is 0 Å². The first-order chi connectivity index (χ1) is 7.92. The highest BCUT2D eigenvalue weighted by molar-refractivity contribution is 4.70. The van der Waals surface area contributed by atoms with Gasteiger partial charge in [-0.05, 0) is 52.7 Å². The van der Waals surface area contributed by atoms with Crippen LogP contribution in [0.25, 0.3) is 0 Å². The standard InChI is InChI=1S/C15H34N2/c1-7-14(8-2)13-17(9-3)12-10-11-16-15(4,5)6/h14,16H,7-13H2,1-6H3. The number of nitrogens with zero attached hydrogens (tertiary/aromatic N) is 1. The highest BCUT2D eigenvalue weighted by Gasteiger charge is 2.11. The van der Waals surface area contributed by atoms with E-state index < -0.39 is 0 Å². The van der Waals surface area contributed by atoms with E-state index in [1.807, 2.05) is 0 Å². The molecule has 0 unspecified atom stereocenters. The van der Waals surface area contributed by atoms with Crippen molar-refractivity contribution >= 4 is 0 Å². The maximum absolute atomic E-state index is 3.56. The van der Waals surface area contributed by atoms with Crippen LogP contribution in [0.5, 0.6) is 0 Å². The fourth-order valence-corrected chi connectivity index (χ4v) is 2.06. The van der Waals surface area contributed by atoms with Gasteiger partial charge in [0.15, 0.2) is 0 Å². The van der Waals surface area contributed by atoms with E-state index >= 15 is 0 Å². The molecule has 0 aliphatic carbocycles. The lowest BCUT2D eigenvalue weighted by atomic mass is 10.0. The summed E-state index contributed by atoms with van der Waals surface area (Å²) in [6.07, 6.45) is 3.88. The molecule has 0 amide bonds. The van der Waals surface area contributed by atoms with Crippen LogP contribution in [0.1, 0.15) is 60.8 Å². The van der Waals surface area contributed by atoms with Gasteiger partial charge in [0.1, 0.15) is 0 Å². The number of hydrogen-bond donors (Lipinski definition) is 1. The Morgan fingerprint density at radius 3 is 2.06 bits per heavy atom. The summed E-state index contributed by atoms with van der Waals surface area (Å²) in [6, 6.07) is 0. The van der Waals surface area contributed by atoms with Crippen LogP contribution >= 0.6 is 0 Å². The molecule has 0 saturated heterocycles. The lowest BCUT2D eigenvalue weighted by molar-refractivity contribution is 0.228. The number of nitrogens with one attached hydrogen (secondary N) is 1. The van der Waals surface area contributed by atoms with E-state index in [2.05, 4.69) is 51.8 Å². The van der Waals surface area contributed by atoms with Crippen molar-refractivity contribution in [3.8, 4) is 0 Å². The Morgan fingerprint density at radius 2 is 1.65 bits per heavy atom. The van der Waals surface area contributed by atoms with E-state index in [0.717, 1.165) is 12.5 Å². The van der Waals surface area contributed by atoms with Crippen LogP contribution in [-0.2, 0) is 0 Å². The fourth-order valence-electron chi connectivity index (χ4n) is 2.06. The van der Waals surface area contributed by atoms with E-state index in [0.29, 0.717) is 0 Å². The molecular formula is C15H34N2. The van der Waals surface area contributed by atoms with Crippen molar-refractivity contribution in [1.82, 2.24) is 10.2 Å². The molecule has 0 saturated carbocycles. The Bertz CT molecular complexity index is 168. The zero-order chi connectivity index (χ0) is 13.3. The quantitative estimate of drug-likeness (QED) is 0.622. The van der Waals surface area contributed by atoms with Gasteiger partial charge in [0.25, 0.3) is 0 Å². The summed E-state index contributed by atoms with van der Waals surface area (Å²) < 4.78 is 0. The summed E-state index contributed by atoms with van der Waals surface area (Å²) >= 11 is 0. The van der Waals surface area contributed by atoms with Gasteiger partial charge in [-0.25, -0.2) is 0 Å². The highest BCUT2D eigenvalue weighted by Crippen LogP contribution is 2.10. The van der Waals surface area contributed by atoms with E-state index in [-0.39, 0.29) is 5.54 Å². The molecule has 0 aromatic carbocycles. The fraction of sp³-hybridized carbons (Fsp3) is 1.00. The third-order valence-electron chi connectivity index (χ3n) is 3.42. The normalized spacial score (nSPS) is 12.7. The lowest BCUT2D eigenvalue weighted by Gasteiger charge is -2.26. The maximum Gasteiger partial charge on any atom is 0.00965 e. The molecule has 0 bridgehead atoms. The minimum atomic E-state index is 0.256. The molecule has 0 spiro atoms. The smallest absolute Gasteiger partial charge is 0.00965 e. The van der Waals surface area contributed by atoms with Gasteiger partial charge in [-0.1, -0.05) is 33.6 Å². The first-order valence-electron chi connectivity index (χ1n) is 7.40. The van der Waals surface area contributed by atoms with Crippen LogP contribution in [0.2, 0.25) is 0 Å². The Morgan fingerprint density at radius 1 is 1.06 bits per heavy atom. The van der Waals surface area contributed by atoms with E-state index in [1.165, 1.54) is 38.9 Å². The maximum atomic E-state index is 3.56. The van der Waals surface area contributed by atoms with Gasteiger partial charge in [0, 0.05) is 12.1 Å². The Labute approximate surface area is 109 Å². The van der Waals surface area contributed by atoms with E-state index in [9.17, 15) is 0 Å². The van der Waals surface area contributed by atoms with E-state index in [4.69, 9.17) is 0 Å². The molecule has 2 heteroatoms. The molecule has 104 valence electrons. The van der Waals surface area contributed by atoms with Gasteiger partial charge in [-0.2, -0.15) is 0 Å². The molecule has 0 aliphatic rings. The molecular weight excluding hydrogens is 208 g/mol.